The molecular formula is C21H21N3O4S. The predicted molar refractivity (Wildman–Crippen MR) is 110 cm³/mol. The standard InChI is InChI=1S/C21H21N3O4S/c1-17-3-5-18(6-4-17)11-14-29(26,27)23-15-21(25)28-16-19-7-9-20(10-8-19)24-13-2-12-22-24/h2-14,23H,15-16H2,1H3. The molecule has 3 rings (SSSR count). The Morgan fingerprint density at radius 2 is 1.86 bits per heavy atom. The Morgan fingerprint density at radius 1 is 1.14 bits per heavy atom. The number of esters is 1. The van der Waals surface area contributed by atoms with Crippen LogP contribution >= 0.6 is 0 Å². The van der Waals surface area contributed by atoms with Crippen molar-refractivity contribution in [1.82, 2.24) is 14.5 Å². The van der Waals surface area contributed by atoms with Crippen molar-refractivity contribution in [2.75, 3.05) is 6.54 Å². The van der Waals surface area contributed by atoms with Gasteiger partial charge in [0, 0.05) is 17.8 Å². The number of benzene rings is 2. The lowest BCUT2D eigenvalue weighted by atomic mass is 10.2. The molecule has 0 saturated carbocycles. The maximum Gasteiger partial charge on any atom is 0.321 e. The highest BCUT2D eigenvalue weighted by atomic mass is 32.2. The second-order valence-electron chi connectivity index (χ2n) is 6.36. The van der Waals surface area contributed by atoms with Crippen LogP contribution in [0.5, 0.6) is 0 Å². The molecule has 7 nitrogen and oxygen atoms in total. The molecule has 0 fully saturated rings. The highest BCUT2D eigenvalue weighted by Gasteiger charge is 2.10. The first-order valence-corrected chi connectivity index (χ1v) is 10.4. The molecule has 0 aliphatic heterocycles. The summed E-state index contributed by atoms with van der Waals surface area (Å²) in [5.41, 5.74) is 3.51. The van der Waals surface area contributed by atoms with Gasteiger partial charge in [-0.05, 0) is 42.3 Å². The first kappa shape index (κ1) is 20.5. The maximum absolute atomic E-state index is 12.0. The molecule has 29 heavy (non-hydrogen) atoms. The number of nitrogens with zero attached hydrogens (tertiary/aromatic N) is 2. The van der Waals surface area contributed by atoms with Gasteiger partial charge in [0.15, 0.2) is 0 Å². The van der Waals surface area contributed by atoms with Crippen LogP contribution in [0.4, 0.5) is 0 Å². The van der Waals surface area contributed by atoms with Crippen molar-refractivity contribution in [2.24, 2.45) is 0 Å². The number of ether oxygens (including phenoxy) is 1. The van der Waals surface area contributed by atoms with Crippen LogP contribution in [0.3, 0.4) is 0 Å². The van der Waals surface area contributed by atoms with E-state index in [0.29, 0.717) is 0 Å². The molecular weight excluding hydrogens is 390 g/mol. The van der Waals surface area contributed by atoms with Gasteiger partial charge < -0.3 is 4.74 Å². The molecule has 0 aliphatic carbocycles. The summed E-state index contributed by atoms with van der Waals surface area (Å²) in [6.45, 7) is 1.57. The predicted octanol–water partition coefficient (Wildman–Crippen LogP) is 2.81. The average Bonchev–Trinajstić information content (AvgIpc) is 3.26. The molecule has 0 bridgehead atoms. The number of carbonyl (C=O) groups excluding carboxylic acids is 1. The third-order valence-corrected chi connectivity index (χ3v) is 5.08. The van der Waals surface area contributed by atoms with Crippen molar-refractivity contribution in [1.29, 1.82) is 0 Å². The van der Waals surface area contributed by atoms with E-state index in [1.165, 1.54) is 6.08 Å². The fraction of sp³-hybridized carbons (Fsp3) is 0.143. The lowest BCUT2D eigenvalue weighted by Crippen LogP contribution is -2.29. The van der Waals surface area contributed by atoms with E-state index in [1.807, 2.05) is 67.7 Å². The van der Waals surface area contributed by atoms with Crippen LogP contribution in [-0.2, 0) is 26.2 Å². The van der Waals surface area contributed by atoms with Crippen molar-refractivity contribution in [3.63, 3.8) is 0 Å². The minimum Gasteiger partial charge on any atom is -0.460 e. The van der Waals surface area contributed by atoms with Crippen LogP contribution < -0.4 is 4.72 Å². The fourth-order valence-electron chi connectivity index (χ4n) is 2.43. The van der Waals surface area contributed by atoms with E-state index in [2.05, 4.69) is 9.82 Å². The zero-order chi connectivity index (χ0) is 20.7. The number of nitrogens with one attached hydrogen (secondary N) is 1. The first-order chi connectivity index (χ1) is 13.9. The van der Waals surface area contributed by atoms with E-state index >= 15 is 0 Å². The van der Waals surface area contributed by atoms with Crippen molar-refractivity contribution in [3.8, 4) is 5.69 Å². The number of aromatic nitrogens is 2. The van der Waals surface area contributed by atoms with E-state index in [0.717, 1.165) is 27.8 Å². The molecule has 2 aromatic carbocycles. The third-order valence-electron chi connectivity index (χ3n) is 4.04. The molecule has 0 unspecified atom stereocenters. The molecule has 3 aromatic rings. The van der Waals surface area contributed by atoms with Crippen molar-refractivity contribution < 1.29 is 17.9 Å². The Labute approximate surface area is 169 Å². The number of hydrogen-bond acceptors (Lipinski definition) is 5. The van der Waals surface area contributed by atoms with Gasteiger partial charge in [-0.15, -0.1) is 0 Å². The van der Waals surface area contributed by atoms with Gasteiger partial charge in [0.2, 0.25) is 10.0 Å². The zero-order valence-electron chi connectivity index (χ0n) is 15.9. The number of aryl methyl sites for hydroxylation is 1. The smallest absolute Gasteiger partial charge is 0.321 e. The Hall–Kier alpha value is -3.23. The Kier molecular flexibility index (Phi) is 6.58. The third kappa shape index (κ3) is 6.41. The molecule has 0 saturated heterocycles. The van der Waals surface area contributed by atoms with Crippen molar-refractivity contribution in [3.05, 3.63) is 89.1 Å². The number of sulfonamides is 1. The number of rotatable bonds is 8. The van der Waals surface area contributed by atoms with Crippen LogP contribution in [-0.4, -0.2) is 30.7 Å². The molecule has 0 amide bonds. The largest absolute Gasteiger partial charge is 0.460 e. The van der Waals surface area contributed by atoms with E-state index in [4.69, 9.17) is 4.74 Å². The summed E-state index contributed by atoms with van der Waals surface area (Å²) in [7, 11) is -3.74. The van der Waals surface area contributed by atoms with E-state index in [-0.39, 0.29) is 6.61 Å². The van der Waals surface area contributed by atoms with Crippen LogP contribution in [0.25, 0.3) is 11.8 Å². The van der Waals surface area contributed by atoms with Gasteiger partial charge in [-0.25, -0.2) is 17.8 Å². The van der Waals surface area contributed by atoms with E-state index in [1.54, 1.807) is 10.9 Å². The van der Waals surface area contributed by atoms with E-state index in [9.17, 15) is 13.2 Å². The molecule has 1 aromatic heterocycles. The average molecular weight is 411 g/mol. The van der Waals surface area contributed by atoms with Crippen molar-refractivity contribution in [2.45, 2.75) is 13.5 Å². The monoisotopic (exact) mass is 411 g/mol. The molecule has 0 spiro atoms. The molecule has 8 heteroatoms. The first-order valence-electron chi connectivity index (χ1n) is 8.90. The van der Waals surface area contributed by atoms with Crippen LogP contribution in [0.15, 0.2) is 72.4 Å². The van der Waals surface area contributed by atoms with Crippen LogP contribution in [0, 0.1) is 6.92 Å². The highest BCUT2D eigenvalue weighted by molar-refractivity contribution is 7.92. The van der Waals surface area contributed by atoms with E-state index < -0.39 is 22.5 Å². The lowest BCUT2D eigenvalue weighted by Gasteiger charge is -2.07. The summed E-state index contributed by atoms with van der Waals surface area (Å²) in [6, 6.07) is 16.6. The maximum atomic E-state index is 12.0. The van der Waals surface area contributed by atoms with Gasteiger partial charge in [-0.2, -0.15) is 5.10 Å². The number of carbonyl (C=O) groups is 1. The Balaban J connectivity index is 1.46. The summed E-state index contributed by atoms with van der Waals surface area (Å²) >= 11 is 0. The van der Waals surface area contributed by atoms with Crippen LogP contribution in [0.1, 0.15) is 16.7 Å². The molecule has 1 N–H and O–H groups in total. The van der Waals surface area contributed by atoms with Gasteiger partial charge in [0.25, 0.3) is 0 Å². The quantitative estimate of drug-likeness (QED) is 0.576. The summed E-state index contributed by atoms with van der Waals surface area (Å²) in [6.07, 6.45) is 4.98. The zero-order valence-corrected chi connectivity index (χ0v) is 16.7. The minimum atomic E-state index is -3.74. The topological polar surface area (TPSA) is 90.3 Å². The molecule has 150 valence electrons. The highest BCUT2D eigenvalue weighted by Crippen LogP contribution is 2.10. The van der Waals surface area contributed by atoms with Gasteiger partial charge >= 0.3 is 5.97 Å². The van der Waals surface area contributed by atoms with Gasteiger partial charge in [-0.3, -0.25) is 4.79 Å². The fourth-order valence-corrected chi connectivity index (χ4v) is 3.19. The number of hydrogen-bond donors (Lipinski definition) is 1. The normalized spacial score (nSPS) is 11.6. The second-order valence-corrected chi connectivity index (χ2v) is 8.01. The van der Waals surface area contributed by atoms with Crippen LogP contribution in [0.2, 0.25) is 0 Å². The molecule has 0 atom stereocenters. The molecule has 0 radical (unpaired) electrons. The molecule has 1 heterocycles. The second kappa shape index (κ2) is 9.31. The minimum absolute atomic E-state index is 0.0547. The Bertz CT molecular complexity index is 1070. The summed E-state index contributed by atoms with van der Waals surface area (Å²) in [4.78, 5) is 11.8. The molecule has 0 aliphatic rings. The van der Waals surface area contributed by atoms with Crippen molar-refractivity contribution >= 4 is 22.1 Å². The van der Waals surface area contributed by atoms with Gasteiger partial charge in [0.1, 0.15) is 13.2 Å². The Morgan fingerprint density at radius 3 is 2.52 bits per heavy atom. The van der Waals surface area contributed by atoms with Gasteiger partial charge in [-0.1, -0.05) is 42.0 Å². The SMILES string of the molecule is Cc1ccc(C=CS(=O)(=O)NCC(=O)OCc2ccc(-n3cccn3)cc2)cc1. The summed E-state index contributed by atoms with van der Waals surface area (Å²) in [5.74, 6) is -0.659. The summed E-state index contributed by atoms with van der Waals surface area (Å²) < 4.78 is 33.0. The summed E-state index contributed by atoms with van der Waals surface area (Å²) in [5, 5.41) is 5.16. The lowest BCUT2D eigenvalue weighted by molar-refractivity contribution is -0.143. The van der Waals surface area contributed by atoms with Gasteiger partial charge in [0.05, 0.1) is 5.69 Å².